The lowest BCUT2D eigenvalue weighted by Crippen LogP contribution is -2.40. The second-order valence-corrected chi connectivity index (χ2v) is 6.81. The van der Waals surface area contributed by atoms with Crippen molar-refractivity contribution in [2.24, 2.45) is 0 Å². The number of fused-ring (bicyclic) bond motifs is 3. The summed E-state index contributed by atoms with van der Waals surface area (Å²) < 4.78 is 0. The van der Waals surface area contributed by atoms with Crippen molar-refractivity contribution in [1.82, 2.24) is 9.88 Å². The third kappa shape index (κ3) is 2.50. The molecule has 0 saturated heterocycles. The van der Waals surface area contributed by atoms with Crippen LogP contribution in [0, 0.1) is 6.92 Å². The number of carbonyl (C=O) groups excluding carboxylic acids is 1. The SMILES string of the molecule is Cc1cccc(C(=O)N(C)C2CCc3[nH]c4ccccc4c3C2)c1. The molecular weight excluding hydrogens is 296 g/mol. The lowest BCUT2D eigenvalue weighted by Gasteiger charge is -2.31. The first-order valence-corrected chi connectivity index (χ1v) is 8.56. The van der Waals surface area contributed by atoms with Gasteiger partial charge in [0.05, 0.1) is 0 Å². The van der Waals surface area contributed by atoms with Gasteiger partial charge < -0.3 is 9.88 Å². The van der Waals surface area contributed by atoms with Crippen LogP contribution >= 0.6 is 0 Å². The summed E-state index contributed by atoms with van der Waals surface area (Å²) in [7, 11) is 1.94. The maximum Gasteiger partial charge on any atom is 0.253 e. The molecule has 1 aromatic heterocycles. The number of para-hydroxylation sites is 1. The van der Waals surface area contributed by atoms with Gasteiger partial charge in [-0.15, -0.1) is 0 Å². The number of aromatic nitrogens is 1. The van der Waals surface area contributed by atoms with Crippen molar-refractivity contribution in [3.63, 3.8) is 0 Å². The Labute approximate surface area is 142 Å². The Balaban J connectivity index is 1.60. The topological polar surface area (TPSA) is 36.1 Å². The summed E-state index contributed by atoms with van der Waals surface area (Å²) in [5.41, 5.74) is 5.82. The van der Waals surface area contributed by atoms with Crippen LogP contribution in [0.5, 0.6) is 0 Å². The number of likely N-dealkylation sites (N-methyl/N-ethyl adjacent to an activating group) is 1. The fourth-order valence-electron chi connectivity index (χ4n) is 3.83. The zero-order chi connectivity index (χ0) is 16.7. The van der Waals surface area contributed by atoms with Crippen LogP contribution in [0.4, 0.5) is 0 Å². The van der Waals surface area contributed by atoms with Crippen molar-refractivity contribution < 1.29 is 4.79 Å². The van der Waals surface area contributed by atoms with Crippen LogP contribution in [0.15, 0.2) is 48.5 Å². The van der Waals surface area contributed by atoms with Crippen molar-refractivity contribution in [3.8, 4) is 0 Å². The second kappa shape index (κ2) is 5.82. The van der Waals surface area contributed by atoms with E-state index >= 15 is 0 Å². The highest BCUT2D eigenvalue weighted by molar-refractivity contribution is 5.94. The number of hydrogen-bond acceptors (Lipinski definition) is 1. The van der Waals surface area contributed by atoms with Gasteiger partial charge in [-0.3, -0.25) is 4.79 Å². The van der Waals surface area contributed by atoms with Gasteiger partial charge >= 0.3 is 0 Å². The summed E-state index contributed by atoms with van der Waals surface area (Å²) in [6.45, 7) is 2.02. The van der Waals surface area contributed by atoms with Gasteiger partial charge in [-0.2, -0.15) is 0 Å². The number of nitrogens with zero attached hydrogens (tertiary/aromatic N) is 1. The zero-order valence-electron chi connectivity index (χ0n) is 14.2. The van der Waals surface area contributed by atoms with E-state index in [1.165, 1.54) is 22.2 Å². The van der Waals surface area contributed by atoms with E-state index in [0.29, 0.717) is 0 Å². The average molecular weight is 318 g/mol. The van der Waals surface area contributed by atoms with Gasteiger partial charge in [-0.05, 0) is 49.9 Å². The molecule has 3 nitrogen and oxygen atoms in total. The maximum atomic E-state index is 12.8. The Bertz CT molecular complexity index is 909. The molecule has 122 valence electrons. The lowest BCUT2D eigenvalue weighted by molar-refractivity contribution is 0.0719. The molecule has 0 bridgehead atoms. The highest BCUT2D eigenvalue weighted by Gasteiger charge is 2.27. The van der Waals surface area contributed by atoms with Crippen LogP contribution in [-0.4, -0.2) is 28.9 Å². The number of carbonyl (C=O) groups is 1. The predicted molar refractivity (Wildman–Crippen MR) is 97.4 cm³/mol. The first kappa shape index (κ1) is 15.0. The first-order chi connectivity index (χ1) is 11.6. The van der Waals surface area contributed by atoms with Crippen molar-refractivity contribution in [1.29, 1.82) is 0 Å². The number of hydrogen-bond donors (Lipinski definition) is 1. The highest BCUT2D eigenvalue weighted by atomic mass is 16.2. The predicted octanol–water partition coefficient (Wildman–Crippen LogP) is 4.11. The van der Waals surface area contributed by atoms with E-state index in [4.69, 9.17) is 0 Å². The molecular formula is C21H22N2O. The molecule has 1 N–H and O–H groups in total. The van der Waals surface area contributed by atoms with Crippen LogP contribution in [0.2, 0.25) is 0 Å². The van der Waals surface area contributed by atoms with Crippen molar-refractivity contribution in [2.45, 2.75) is 32.2 Å². The van der Waals surface area contributed by atoms with Crippen molar-refractivity contribution in [3.05, 3.63) is 70.9 Å². The van der Waals surface area contributed by atoms with Crippen LogP contribution in [0.1, 0.15) is 33.6 Å². The third-order valence-electron chi connectivity index (χ3n) is 5.20. The normalized spacial score (nSPS) is 16.8. The number of benzene rings is 2. The van der Waals surface area contributed by atoms with Gasteiger partial charge in [0.15, 0.2) is 0 Å². The van der Waals surface area contributed by atoms with E-state index in [-0.39, 0.29) is 11.9 Å². The molecule has 2 aromatic carbocycles. The Morgan fingerprint density at radius 3 is 2.83 bits per heavy atom. The van der Waals surface area contributed by atoms with Crippen LogP contribution in [0.3, 0.4) is 0 Å². The number of H-pyrrole nitrogens is 1. The van der Waals surface area contributed by atoms with Gasteiger partial charge in [-0.25, -0.2) is 0 Å². The average Bonchev–Trinajstić information content (AvgIpc) is 2.98. The minimum atomic E-state index is 0.118. The zero-order valence-corrected chi connectivity index (χ0v) is 14.2. The van der Waals surface area contributed by atoms with E-state index < -0.39 is 0 Å². The summed E-state index contributed by atoms with van der Waals surface area (Å²) in [4.78, 5) is 18.3. The minimum absolute atomic E-state index is 0.118. The third-order valence-corrected chi connectivity index (χ3v) is 5.20. The Morgan fingerprint density at radius 1 is 1.17 bits per heavy atom. The highest BCUT2D eigenvalue weighted by Crippen LogP contribution is 2.31. The molecule has 3 heteroatoms. The molecule has 1 heterocycles. The molecule has 3 aromatic rings. The molecule has 0 saturated carbocycles. The summed E-state index contributed by atoms with van der Waals surface area (Å²) >= 11 is 0. The molecule has 1 aliphatic carbocycles. The van der Waals surface area contributed by atoms with Crippen molar-refractivity contribution >= 4 is 16.8 Å². The smallest absolute Gasteiger partial charge is 0.253 e. The Morgan fingerprint density at radius 2 is 2.00 bits per heavy atom. The molecule has 0 fully saturated rings. The molecule has 1 aliphatic rings. The molecule has 4 rings (SSSR count). The number of amides is 1. The first-order valence-electron chi connectivity index (χ1n) is 8.56. The van der Waals surface area contributed by atoms with Crippen LogP contribution in [0.25, 0.3) is 10.9 Å². The standard InChI is InChI=1S/C21H22N2O/c1-14-6-5-7-15(12-14)21(24)23(2)16-10-11-20-18(13-16)17-8-3-4-9-19(17)22-20/h3-9,12,16,22H,10-11,13H2,1-2H3. The summed E-state index contributed by atoms with van der Waals surface area (Å²) in [5, 5.41) is 1.30. The summed E-state index contributed by atoms with van der Waals surface area (Å²) in [5.74, 6) is 0.118. The summed E-state index contributed by atoms with van der Waals surface area (Å²) in [6, 6.07) is 16.6. The molecule has 24 heavy (non-hydrogen) atoms. The maximum absolute atomic E-state index is 12.8. The minimum Gasteiger partial charge on any atom is -0.358 e. The molecule has 0 radical (unpaired) electrons. The van der Waals surface area contributed by atoms with Gasteiger partial charge in [0, 0.05) is 35.2 Å². The molecule has 0 spiro atoms. The quantitative estimate of drug-likeness (QED) is 0.758. The largest absolute Gasteiger partial charge is 0.358 e. The number of aryl methyl sites for hydroxylation is 2. The monoisotopic (exact) mass is 318 g/mol. The molecule has 1 unspecified atom stereocenters. The van der Waals surface area contributed by atoms with Crippen LogP contribution in [-0.2, 0) is 12.8 Å². The lowest BCUT2D eigenvalue weighted by atomic mass is 9.90. The van der Waals surface area contributed by atoms with Gasteiger partial charge in [0.2, 0.25) is 0 Å². The summed E-state index contributed by atoms with van der Waals surface area (Å²) in [6.07, 6.45) is 2.93. The Hall–Kier alpha value is -2.55. The number of nitrogens with one attached hydrogen (secondary N) is 1. The Kier molecular flexibility index (Phi) is 3.64. The van der Waals surface area contributed by atoms with Crippen molar-refractivity contribution in [2.75, 3.05) is 7.05 Å². The van der Waals surface area contributed by atoms with E-state index in [2.05, 4.69) is 29.2 Å². The number of aromatic amines is 1. The van der Waals surface area contributed by atoms with E-state index in [1.54, 1.807) is 0 Å². The van der Waals surface area contributed by atoms with Gasteiger partial charge in [0.1, 0.15) is 0 Å². The van der Waals surface area contributed by atoms with E-state index in [9.17, 15) is 4.79 Å². The van der Waals surface area contributed by atoms with E-state index in [0.717, 1.165) is 30.4 Å². The van der Waals surface area contributed by atoms with E-state index in [1.807, 2.05) is 43.1 Å². The fraction of sp³-hybridized carbons (Fsp3) is 0.286. The van der Waals surface area contributed by atoms with Gasteiger partial charge in [-0.1, -0.05) is 35.9 Å². The fourth-order valence-corrected chi connectivity index (χ4v) is 3.83. The molecule has 0 aliphatic heterocycles. The molecule has 1 atom stereocenters. The van der Waals surface area contributed by atoms with Gasteiger partial charge in [0.25, 0.3) is 5.91 Å². The second-order valence-electron chi connectivity index (χ2n) is 6.81. The van der Waals surface area contributed by atoms with Crippen LogP contribution < -0.4 is 0 Å². The molecule has 1 amide bonds. The number of rotatable bonds is 2.